The van der Waals surface area contributed by atoms with E-state index < -0.39 is 6.10 Å². The van der Waals surface area contributed by atoms with E-state index in [0.717, 1.165) is 57.8 Å². The van der Waals surface area contributed by atoms with Gasteiger partial charge in [-0.15, -0.1) is 0 Å². The number of hydrogen-bond acceptors (Lipinski definition) is 6. The molecule has 0 rings (SSSR count). The molecule has 1 atom stereocenters. The third-order valence-electron chi connectivity index (χ3n) is 9.36. The molecule has 0 N–H and O–H groups in total. The van der Waals surface area contributed by atoms with Gasteiger partial charge in [-0.1, -0.05) is 194 Å². The summed E-state index contributed by atoms with van der Waals surface area (Å²) >= 11 is 0. The first-order valence-electron chi connectivity index (χ1n) is 21.0. The van der Waals surface area contributed by atoms with Crippen LogP contribution < -0.4 is 0 Å². The Morgan fingerprint density at radius 2 is 0.562 bits per heavy atom. The van der Waals surface area contributed by atoms with Crippen molar-refractivity contribution >= 4 is 17.9 Å². The predicted molar refractivity (Wildman–Crippen MR) is 201 cm³/mol. The monoisotopic (exact) mass is 681 g/mol. The summed E-state index contributed by atoms with van der Waals surface area (Å²) in [4.78, 5) is 37.4. The normalized spacial score (nSPS) is 11.8. The van der Waals surface area contributed by atoms with Crippen molar-refractivity contribution in [3.8, 4) is 0 Å². The second-order valence-electron chi connectivity index (χ2n) is 14.3. The Morgan fingerprint density at radius 3 is 0.833 bits per heavy atom. The van der Waals surface area contributed by atoms with Crippen LogP contribution in [0.5, 0.6) is 0 Å². The van der Waals surface area contributed by atoms with Crippen molar-refractivity contribution in [3.05, 3.63) is 0 Å². The first-order chi connectivity index (χ1) is 23.5. The maximum Gasteiger partial charge on any atom is 0.306 e. The maximum atomic E-state index is 12.6. The van der Waals surface area contributed by atoms with Crippen LogP contribution in [0.1, 0.15) is 233 Å². The topological polar surface area (TPSA) is 78.9 Å². The average Bonchev–Trinajstić information content (AvgIpc) is 3.08. The summed E-state index contributed by atoms with van der Waals surface area (Å²) in [6.45, 7) is 6.58. The molecular formula is C42H80O6. The lowest BCUT2D eigenvalue weighted by Gasteiger charge is -2.18. The lowest BCUT2D eigenvalue weighted by molar-refractivity contribution is -0.167. The molecule has 0 radical (unpaired) electrons. The van der Waals surface area contributed by atoms with E-state index in [1.54, 1.807) is 0 Å². The molecule has 6 heteroatoms. The van der Waals surface area contributed by atoms with E-state index in [1.165, 1.54) is 135 Å². The van der Waals surface area contributed by atoms with Crippen molar-refractivity contribution in [2.45, 2.75) is 239 Å². The second kappa shape index (κ2) is 38.2. The van der Waals surface area contributed by atoms with Gasteiger partial charge in [-0.25, -0.2) is 0 Å². The minimum absolute atomic E-state index is 0.0637. The molecule has 48 heavy (non-hydrogen) atoms. The number of unbranched alkanes of at least 4 members (excludes halogenated alkanes) is 27. The van der Waals surface area contributed by atoms with Crippen LogP contribution in [0.25, 0.3) is 0 Å². The van der Waals surface area contributed by atoms with Gasteiger partial charge in [-0.3, -0.25) is 14.4 Å². The van der Waals surface area contributed by atoms with Crippen LogP contribution in [-0.2, 0) is 28.6 Å². The Bertz CT molecular complexity index is 708. The fourth-order valence-corrected chi connectivity index (χ4v) is 6.15. The van der Waals surface area contributed by atoms with E-state index in [2.05, 4.69) is 20.8 Å². The van der Waals surface area contributed by atoms with Crippen molar-refractivity contribution in [2.75, 3.05) is 13.2 Å². The first-order valence-corrected chi connectivity index (χ1v) is 21.0. The zero-order chi connectivity index (χ0) is 35.2. The largest absolute Gasteiger partial charge is 0.462 e. The van der Waals surface area contributed by atoms with Crippen molar-refractivity contribution in [2.24, 2.45) is 0 Å². The zero-order valence-corrected chi connectivity index (χ0v) is 32.3. The van der Waals surface area contributed by atoms with Gasteiger partial charge in [0.05, 0.1) is 0 Å². The molecular weight excluding hydrogens is 600 g/mol. The van der Waals surface area contributed by atoms with Gasteiger partial charge in [0, 0.05) is 19.3 Å². The van der Waals surface area contributed by atoms with Gasteiger partial charge in [0.25, 0.3) is 0 Å². The molecule has 0 saturated carbocycles. The Balaban J connectivity index is 4.28. The number of carbonyl (C=O) groups is 3. The maximum absolute atomic E-state index is 12.6. The quantitative estimate of drug-likeness (QED) is 0.0367. The average molecular weight is 681 g/mol. The third-order valence-corrected chi connectivity index (χ3v) is 9.36. The van der Waals surface area contributed by atoms with Crippen LogP contribution in [-0.4, -0.2) is 37.2 Å². The Labute approximate surface area is 298 Å². The zero-order valence-electron chi connectivity index (χ0n) is 32.3. The van der Waals surface area contributed by atoms with E-state index >= 15 is 0 Å². The molecule has 0 aromatic heterocycles. The fraction of sp³-hybridized carbons (Fsp3) is 0.929. The van der Waals surface area contributed by atoms with E-state index in [1.807, 2.05) is 0 Å². The minimum atomic E-state index is -0.755. The molecule has 0 aliphatic rings. The molecule has 0 fully saturated rings. The molecule has 0 aromatic carbocycles. The van der Waals surface area contributed by atoms with Gasteiger partial charge >= 0.3 is 17.9 Å². The molecule has 0 unspecified atom stereocenters. The molecule has 0 aliphatic heterocycles. The van der Waals surface area contributed by atoms with Crippen molar-refractivity contribution in [1.29, 1.82) is 0 Å². The summed E-state index contributed by atoms with van der Waals surface area (Å²) in [6.07, 6.45) is 36.6. The number of carbonyl (C=O) groups excluding carboxylic acids is 3. The highest BCUT2D eigenvalue weighted by Crippen LogP contribution is 2.15. The summed E-state index contributed by atoms with van der Waals surface area (Å²) < 4.78 is 16.6. The van der Waals surface area contributed by atoms with Crippen LogP contribution in [0.2, 0.25) is 0 Å². The highest BCUT2D eigenvalue weighted by atomic mass is 16.6. The fourth-order valence-electron chi connectivity index (χ4n) is 6.15. The smallest absolute Gasteiger partial charge is 0.306 e. The first kappa shape index (κ1) is 46.4. The van der Waals surface area contributed by atoms with Crippen molar-refractivity contribution < 1.29 is 28.6 Å². The van der Waals surface area contributed by atoms with Gasteiger partial charge < -0.3 is 14.2 Å². The molecule has 0 aromatic rings. The number of ether oxygens (including phenoxy) is 3. The Kier molecular flexibility index (Phi) is 36.9. The van der Waals surface area contributed by atoms with Gasteiger partial charge in [-0.05, 0) is 19.3 Å². The highest BCUT2D eigenvalue weighted by molar-refractivity contribution is 5.71. The molecule has 0 bridgehead atoms. The molecule has 6 nitrogen and oxygen atoms in total. The molecule has 284 valence electrons. The summed E-state index contributed by atoms with van der Waals surface area (Å²) in [5.74, 6) is -0.865. The molecule has 0 amide bonds. The molecule has 0 spiro atoms. The summed E-state index contributed by atoms with van der Waals surface area (Å²) in [5, 5.41) is 0. The van der Waals surface area contributed by atoms with Crippen molar-refractivity contribution in [1.82, 2.24) is 0 Å². The van der Waals surface area contributed by atoms with Crippen LogP contribution in [0.4, 0.5) is 0 Å². The van der Waals surface area contributed by atoms with Gasteiger partial charge in [-0.2, -0.15) is 0 Å². The predicted octanol–water partition coefficient (Wildman–Crippen LogP) is 12.9. The Morgan fingerprint density at radius 1 is 0.333 bits per heavy atom. The lowest BCUT2D eigenvalue weighted by atomic mass is 10.0. The van der Waals surface area contributed by atoms with Gasteiger partial charge in [0.2, 0.25) is 0 Å². The third kappa shape index (κ3) is 35.7. The molecule has 0 saturated heterocycles. The lowest BCUT2D eigenvalue weighted by Crippen LogP contribution is -2.30. The number of esters is 3. The highest BCUT2D eigenvalue weighted by Gasteiger charge is 2.19. The minimum Gasteiger partial charge on any atom is -0.462 e. The SMILES string of the molecule is CCCCCCCCCCCCCCCC(=O)OC[C@H](COC(=O)CCCCCCCCC)OC(=O)CCCCCCCCCCCC. The van der Waals surface area contributed by atoms with E-state index in [4.69, 9.17) is 14.2 Å². The van der Waals surface area contributed by atoms with Crippen LogP contribution in [0, 0.1) is 0 Å². The van der Waals surface area contributed by atoms with Crippen LogP contribution >= 0.6 is 0 Å². The summed E-state index contributed by atoms with van der Waals surface area (Å²) in [7, 11) is 0. The van der Waals surface area contributed by atoms with E-state index in [9.17, 15) is 14.4 Å². The second-order valence-corrected chi connectivity index (χ2v) is 14.3. The summed E-state index contributed by atoms with van der Waals surface area (Å²) in [6, 6.07) is 0. The molecule has 0 aliphatic carbocycles. The summed E-state index contributed by atoms with van der Waals surface area (Å²) in [5.41, 5.74) is 0. The standard InChI is InChI=1S/C42H80O6/c1-4-7-10-13-16-18-20-21-22-24-26-29-32-35-41(44)47-38-39(37-46-40(43)34-31-28-25-15-12-9-6-3)48-42(45)36-33-30-27-23-19-17-14-11-8-5-2/h39H,4-38H2,1-3H3/t39-/m0/s1. The van der Waals surface area contributed by atoms with E-state index in [-0.39, 0.29) is 31.1 Å². The van der Waals surface area contributed by atoms with Gasteiger partial charge in [0.1, 0.15) is 13.2 Å². The molecule has 0 heterocycles. The number of hydrogen-bond donors (Lipinski definition) is 0. The van der Waals surface area contributed by atoms with Crippen LogP contribution in [0.15, 0.2) is 0 Å². The number of rotatable bonds is 38. The van der Waals surface area contributed by atoms with Crippen LogP contribution in [0.3, 0.4) is 0 Å². The Hall–Kier alpha value is -1.59. The van der Waals surface area contributed by atoms with Gasteiger partial charge in [0.15, 0.2) is 6.10 Å². The van der Waals surface area contributed by atoms with E-state index in [0.29, 0.717) is 19.3 Å². The van der Waals surface area contributed by atoms with Crippen molar-refractivity contribution in [3.63, 3.8) is 0 Å².